The third-order valence-electron chi connectivity index (χ3n) is 3.81. The fourth-order valence-electron chi connectivity index (χ4n) is 2.60. The Labute approximate surface area is 160 Å². The highest BCUT2D eigenvalue weighted by Crippen LogP contribution is 2.21. The number of carbonyl (C=O) groups is 1. The van der Waals surface area contributed by atoms with E-state index in [1.54, 1.807) is 13.3 Å². The second-order valence-corrected chi connectivity index (χ2v) is 6.66. The Morgan fingerprint density at radius 3 is 2.76 bits per heavy atom. The molecule has 3 rings (SSSR count). The summed E-state index contributed by atoms with van der Waals surface area (Å²) in [6.45, 7) is 0. The van der Waals surface area contributed by atoms with Crippen LogP contribution in [0.25, 0.3) is 10.8 Å². The van der Waals surface area contributed by atoms with Crippen LogP contribution in [-0.4, -0.2) is 19.2 Å². The van der Waals surface area contributed by atoms with Gasteiger partial charge in [0, 0.05) is 0 Å². The molecule has 4 nitrogen and oxygen atoms in total. The average molecular weight is 444 g/mol. The second kappa shape index (κ2) is 8.11. The lowest BCUT2D eigenvalue weighted by molar-refractivity contribution is -0.120. The molecule has 0 saturated heterocycles. The molecule has 0 spiro atoms. The molecule has 0 bridgehead atoms. The number of halogens is 1. The Hall–Kier alpha value is -2.41. The minimum Gasteiger partial charge on any atom is -0.496 e. The molecule has 0 heterocycles. The van der Waals surface area contributed by atoms with Gasteiger partial charge in [-0.25, -0.2) is 5.43 Å². The predicted molar refractivity (Wildman–Crippen MR) is 109 cm³/mol. The lowest BCUT2D eigenvalue weighted by Gasteiger charge is -2.06. The van der Waals surface area contributed by atoms with E-state index >= 15 is 0 Å². The van der Waals surface area contributed by atoms with Gasteiger partial charge in [0.25, 0.3) is 0 Å². The van der Waals surface area contributed by atoms with Crippen LogP contribution in [0.3, 0.4) is 0 Å². The van der Waals surface area contributed by atoms with Crippen molar-refractivity contribution in [1.29, 1.82) is 0 Å². The van der Waals surface area contributed by atoms with Crippen LogP contribution < -0.4 is 10.2 Å². The van der Waals surface area contributed by atoms with Crippen LogP contribution in [0.4, 0.5) is 0 Å². The Morgan fingerprint density at radius 1 is 1.16 bits per heavy atom. The molecule has 0 unspecified atom stereocenters. The number of ether oxygens (including phenoxy) is 1. The zero-order valence-corrected chi connectivity index (χ0v) is 15.9. The molecule has 3 aromatic rings. The zero-order valence-electron chi connectivity index (χ0n) is 13.7. The van der Waals surface area contributed by atoms with Crippen molar-refractivity contribution in [2.75, 3.05) is 7.11 Å². The van der Waals surface area contributed by atoms with Gasteiger partial charge in [0.15, 0.2) is 0 Å². The van der Waals surface area contributed by atoms with E-state index in [2.05, 4.69) is 33.1 Å². The number of benzene rings is 3. The Bertz CT molecular complexity index is 933. The van der Waals surface area contributed by atoms with Crippen LogP contribution in [0, 0.1) is 3.57 Å². The molecule has 1 amide bonds. The SMILES string of the molecule is COc1ccc(/C=N/NC(=O)Cc2cccc3ccccc23)cc1I. The fraction of sp³-hybridized carbons (Fsp3) is 0.100. The van der Waals surface area contributed by atoms with Crippen molar-refractivity contribution in [3.8, 4) is 5.75 Å². The van der Waals surface area contributed by atoms with Crippen LogP contribution in [0.2, 0.25) is 0 Å². The number of hydrazone groups is 1. The van der Waals surface area contributed by atoms with Gasteiger partial charge in [-0.15, -0.1) is 0 Å². The number of nitrogens with one attached hydrogen (secondary N) is 1. The van der Waals surface area contributed by atoms with Crippen molar-refractivity contribution >= 4 is 45.5 Å². The van der Waals surface area contributed by atoms with Crippen molar-refractivity contribution in [2.24, 2.45) is 5.10 Å². The van der Waals surface area contributed by atoms with Gasteiger partial charge in [-0.2, -0.15) is 5.10 Å². The van der Waals surface area contributed by atoms with Crippen LogP contribution in [0.1, 0.15) is 11.1 Å². The number of methoxy groups -OCH3 is 1. The van der Waals surface area contributed by atoms with Crippen molar-refractivity contribution in [3.63, 3.8) is 0 Å². The summed E-state index contributed by atoms with van der Waals surface area (Å²) in [5, 5.41) is 6.27. The first-order valence-corrected chi connectivity index (χ1v) is 8.87. The number of nitrogens with zero attached hydrogens (tertiary/aromatic N) is 1. The first kappa shape index (κ1) is 17.4. The molecule has 0 radical (unpaired) electrons. The van der Waals surface area contributed by atoms with E-state index in [1.165, 1.54) is 0 Å². The fourth-order valence-corrected chi connectivity index (χ4v) is 3.36. The standard InChI is InChI=1S/C20H17IN2O2/c1-25-19-10-9-14(11-18(19)21)13-22-23-20(24)12-16-7-4-6-15-5-2-3-8-17(15)16/h2-11,13H,12H2,1H3,(H,23,24)/b22-13+. The third kappa shape index (κ3) is 4.36. The quantitative estimate of drug-likeness (QED) is 0.365. The maximum Gasteiger partial charge on any atom is 0.244 e. The lowest BCUT2D eigenvalue weighted by Crippen LogP contribution is -2.19. The molecule has 25 heavy (non-hydrogen) atoms. The highest BCUT2D eigenvalue weighted by Gasteiger charge is 2.06. The average Bonchev–Trinajstić information content (AvgIpc) is 2.62. The third-order valence-corrected chi connectivity index (χ3v) is 4.65. The number of rotatable bonds is 5. The molecule has 126 valence electrons. The molecule has 3 aromatic carbocycles. The summed E-state index contributed by atoms with van der Waals surface area (Å²) in [4.78, 5) is 12.2. The number of fused-ring (bicyclic) bond motifs is 1. The molecular weight excluding hydrogens is 427 g/mol. The molecule has 0 atom stereocenters. The highest BCUT2D eigenvalue weighted by atomic mass is 127. The maximum absolute atomic E-state index is 12.2. The Morgan fingerprint density at radius 2 is 1.96 bits per heavy atom. The minimum absolute atomic E-state index is 0.143. The minimum atomic E-state index is -0.143. The normalized spacial score (nSPS) is 11.0. The van der Waals surface area contributed by atoms with E-state index in [4.69, 9.17) is 4.74 Å². The van der Waals surface area contributed by atoms with Crippen LogP contribution in [0.15, 0.2) is 65.8 Å². The van der Waals surface area contributed by atoms with Crippen LogP contribution in [0.5, 0.6) is 5.75 Å². The van der Waals surface area contributed by atoms with Gasteiger partial charge >= 0.3 is 0 Å². The maximum atomic E-state index is 12.2. The van der Waals surface area contributed by atoms with Crippen molar-refractivity contribution < 1.29 is 9.53 Å². The smallest absolute Gasteiger partial charge is 0.244 e. The monoisotopic (exact) mass is 444 g/mol. The van der Waals surface area contributed by atoms with E-state index in [0.29, 0.717) is 6.42 Å². The van der Waals surface area contributed by atoms with Gasteiger partial charge in [-0.3, -0.25) is 4.79 Å². The molecule has 5 heteroatoms. The molecule has 1 N–H and O–H groups in total. The van der Waals surface area contributed by atoms with Crippen molar-refractivity contribution in [1.82, 2.24) is 5.43 Å². The van der Waals surface area contributed by atoms with Gasteiger partial charge in [0.2, 0.25) is 5.91 Å². The summed E-state index contributed by atoms with van der Waals surface area (Å²) >= 11 is 2.20. The number of hydrogen-bond donors (Lipinski definition) is 1. The van der Waals surface area contributed by atoms with E-state index in [1.807, 2.05) is 60.7 Å². The molecule has 0 saturated carbocycles. The zero-order chi connectivity index (χ0) is 17.6. The first-order chi connectivity index (χ1) is 12.2. The van der Waals surface area contributed by atoms with Gasteiger partial charge < -0.3 is 4.74 Å². The van der Waals surface area contributed by atoms with E-state index in [-0.39, 0.29) is 5.91 Å². The van der Waals surface area contributed by atoms with Gasteiger partial charge in [-0.1, -0.05) is 42.5 Å². The number of hydrogen-bond acceptors (Lipinski definition) is 3. The van der Waals surface area contributed by atoms with E-state index in [9.17, 15) is 4.79 Å². The summed E-state index contributed by atoms with van der Waals surface area (Å²) in [6, 6.07) is 19.7. The highest BCUT2D eigenvalue weighted by molar-refractivity contribution is 14.1. The van der Waals surface area contributed by atoms with E-state index in [0.717, 1.165) is 31.2 Å². The molecule has 0 aliphatic rings. The lowest BCUT2D eigenvalue weighted by atomic mass is 10.0. The summed E-state index contributed by atoms with van der Waals surface area (Å²) in [5.41, 5.74) is 4.48. The molecule has 0 aromatic heterocycles. The Balaban J connectivity index is 1.65. The molecule has 0 aliphatic carbocycles. The summed E-state index contributed by atoms with van der Waals surface area (Å²) in [7, 11) is 1.64. The largest absolute Gasteiger partial charge is 0.496 e. The molecule has 0 fully saturated rings. The first-order valence-electron chi connectivity index (χ1n) is 7.79. The topological polar surface area (TPSA) is 50.7 Å². The van der Waals surface area contributed by atoms with Crippen LogP contribution in [-0.2, 0) is 11.2 Å². The second-order valence-electron chi connectivity index (χ2n) is 5.50. The summed E-state index contributed by atoms with van der Waals surface area (Å²) in [5.74, 6) is 0.675. The van der Waals surface area contributed by atoms with Crippen molar-refractivity contribution in [3.05, 3.63) is 75.4 Å². The molecular formula is C20H17IN2O2. The Kier molecular flexibility index (Phi) is 5.65. The van der Waals surface area contributed by atoms with Gasteiger partial charge in [0.05, 0.1) is 23.3 Å². The van der Waals surface area contributed by atoms with Gasteiger partial charge in [-0.05, 0) is 62.7 Å². The van der Waals surface area contributed by atoms with E-state index < -0.39 is 0 Å². The number of carbonyl (C=O) groups excluding carboxylic acids is 1. The predicted octanol–water partition coefficient (Wildman–Crippen LogP) is 4.15. The van der Waals surface area contributed by atoms with Crippen molar-refractivity contribution in [2.45, 2.75) is 6.42 Å². The molecule has 0 aliphatic heterocycles. The summed E-state index contributed by atoms with van der Waals surface area (Å²) < 4.78 is 6.21. The number of amides is 1. The van der Waals surface area contributed by atoms with Crippen LogP contribution >= 0.6 is 22.6 Å². The summed E-state index contributed by atoms with van der Waals surface area (Å²) in [6.07, 6.45) is 1.92. The van der Waals surface area contributed by atoms with Gasteiger partial charge in [0.1, 0.15) is 5.75 Å².